The summed E-state index contributed by atoms with van der Waals surface area (Å²) in [5.74, 6) is 0.771. The largest absolute Gasteiger partial charge is 0.368 e. The lowest BCUT2D eigenvalue weighted by Crippen LogP contribution is -2.27. The van der Waals surface area contributed by atoms with E-state index < -0.39 is 9.84 Å². The third kappa shape index (κ3) is 3.64. The van der Waals surface area contributed by atoms with Gasteiger partial charge >= 0.3 is 0 Å². The van der Waals surface area contributed by atoms with Crippen LogP contribution in [0.1, 0.15) is 12.1 Å². The van der Waals surface area contributed by atoms with Crippen molar-refractivity contribution in [1.29, 1.82) is 0 Å². The van der Waals surface area contributed by atoms with Gasteiger partial charge in [-0.05, 0) is 19.0 Å². The number of anilines is 1. The van der Waals surface area contributed by atoms with Crippen LogP contribution in [-0.4, -0.2) is 47.9 Å². The average molecular weight is 256 g/mol. The maximum Gasteiger partial charge on any atom is 0.220 e. The first-order valence-electron chi connectivity index (χ1n) is 5.55. The summed E-state index contributed by atoms with van der Waals surface area (Å²) in [5.41, 5.74) is 6.33. The highest BCUT2D eigenvalue weighted by Crippen LogP contribution is 2.08. The Labute approximate surface area is 101 Å². The summed E-state index contributed by atoms with van der Waals surface area (Å²) in [6, 6.07) is 1.80. The third-order valence-corrected chi connectivity index (χ3v) is 4.48. The molecule has 1 aliphatic heterocycles. The normalized spacial score (nSPS) is 20.9. The van der Waals surface area contributed by atoms with Gasteiger partial charge in [-0.15, -0.1) is 0 Å². The van der Waals surface area contributed by atoms with Crippen LogP contribution in [0.25, 0.3) is 0 Å². The van der Waals surface area contributed by atoms with E-state index in [-0.39, 0.29) is 17.5 Å². The van der Waals surface area contributed by atoms with Gasteiger partial charge in [-0.3, -0.25) is 4.90 Å². The van der Waals surface area contributed by atoms with Crippen molar-refractivity contribution < 1.29 is 8.42 Å². The molecule has 2 heterocycles. The smallest absolute Gasteiger partial charge is 0.220 e. The lowest BCUT2D eigenvalue weighted by molar-refractivity contribution is 0.284. The highest BCUT2D eigenvalue weighted by atomic mass is 32.2. The van der Waals surface area contributed by atoms with E-state index >= 15 is 0 Å². The Kier molecular flexibility index (Phi) is 3.58. The maximum atomic E-state index is 11.5. The lowest BCUT2D eigenvalue weighted by Gasteiger charge is -2.18. The molecule has 0 aromatic carbocycles. The molecule has 1 saturated heterocycles. The van der Waals surface area contributed by atoms with Gasteiger partial charge in [0.2, 0.25) is 5.95 Å². The van der Waals surface area contributed by atoms with E-state index in [1.807, 2.05) is 0 Å². The fourth-order valence-corrected chi connectivity index (χ4v) is 3.19. The van der Waals surface area contributed by atoms with Crippen LogP contribution in [0.3, 0.4) is 0 Å². The second-order valence-electron chi connectivity index (χ2n) is 4.19. The van der Waals surface area contributed by atoms with Crippen molar-refractivity contribution in [3.8, 4) is 0 Å². The predicted molar refractivity (Wildman–Crippen MR) is 65.0 cm³/mol. The molecule has 0 spiro atoms. The van der Waals surface area contributed by atoms with Gasteiger partial charge in [-0.2, -0.15) is 0 Å². The van der Waals surface area contributed by atoms with E-state index in [1.165, 1.54) is 0 Å². The molecule has 0 aliphatic carbocycles. The Morgan fingerprint density at radius 2 is 2.18 bits per heavy atom. The molecule has 7 heteroatoms. The summed E-state index contributed by atoms with van der Waals surface area (Å²) in [7, 11) is -2.85. The second kappa shape index (κ2) is 4.97. The summed E-state index contributed by atoms with van der Waals surface area (Å²) in [4.78, 5) is 10.0. The number of rotatable bonds is 2. The molecule has 0 bridgehead atoms. The Bertz CT molecular complexity index is 489. The van der Waals surface area contributed by atoms with Crippen LogP contribution in [0, 0.1) is 0 Å². The van der Waals surface area contributed by atoms with Gasteiger partial charge in [0.15, 0.2) is 9.84 Å². The molecule has 0 atom stereocenters. The molecule has 17 heavy (non-hydrogen) atoms. The molecular weight excluding hydrogens is 240 g/mol. The first kappa shape index (κ1) is 12.3. The first-order valence-corrected chi connectivity index (χ1v) is 7.37. The molecule has 2 N–H and O–H groups in total. The number of aromatic nitrogens is 2. The first-order chi connectivity index (χ1) is 8.05. The van der Waals surface area contributed by atoms with Crippen molar-refractivity contribution in [3.63, 3.8) is 0 Å². The Morgan fingerprint density at radius 3 is 2.94 bits per heavy atom. The number of nitrogens with zero attached hydrogens (tertiary/aromatic N) is 3. The van der Waals surface area contributed by atoms with E-state index in [9.17, 15) is 8.42 Å². The molecule has 1 aromatic heterocycles. The molecule has 0 radical (unpaired) electrons. The minimum Gasteiger partial charge on any atom is -0.368 e. The zero-order chi connectivity index (χ0) is 12.3. The highest BCUT2D eigenvalue weighted by Gasteiger charge is 2.19. The van der Waals surface area contributed by atoms with Gasteiger partial charge in [-0.25, -0.2) is 18.4 Å². The molecule has 0 saturated carbocycles. The van der Waals surface area contributed by atoms with Crippen LogP contribution in [-0.2, 0) is 16.4 Å². The molecule has 94 valence electrons. The summed E-state index contributed by atoms with van der Waals surface area (Å²) >= 11 is 0. The molecule has 1 aromatic rings. The lowest BCUT2D eigenvalue weighted by atomic mass is 10.3. The van der Waals surface area contributed by atoms with Crippen LogP contribution in [0.15, 0.2) is 12.3 Å². The molecule has 1 fully saturated rings. The number of sulfone groups is 1. The van der Waals surface area contributed by atoms with Gasteiger partial charge in [0.1, 0.15) is 0 Å². The van der Waals surface area contributed by atoms with Crippen LogP contribution in [0.4, 0.5) is 5.95 Å². The second-order valence-corrected chi connectivity index (χ2v) is 6.49. The van der Waals surface area contributed by atoms with Crippen LogP contribution in [0.2, 0.25) is 0 Å². The monoisotopic (exact) mass is 256 g/mol. The minimum atomic E-state index is -2.85. The number of hydrogen-bond donors (Lipinski definition) is 1. The van der Waals surface area contributed by atoms with Crippen LogP contribution >= 0.6 is 0 Å². The zero-order valence-corrected chi connectivity index (χ0v) is 10.4. The standard InChI is InChI=1S/C10H16N4O2S/c11-10-12-3-2-9(13-10)8-14-4-1-6-17(15,16)7-5-14/h2-3H,1,4-8H2,(H2,11,12,13). The van der Waals surface area contributed by atoms with Crippen molar-refractivity contribution in [3.05, 3.63) is 18.0 Å². The number of hydrogen-bond acceptors (Lipinski definition) is 6. The van der Waals surface area contributed by atoms with Gasteiger partial charge in [0, 0.05) is 19.3 Å². The van der Waals surface area contributed by atoms with Crippen LogP contribution in [0.5, 0.6) is 0 Å². The van der Waals surface area contributed by atoms with Crippen molar-refractivity contribution in [2.75, 3.05) is 30.3 Å². The van der Waals surface area contributed by atoms with E-state index in [1.54, 1.807) is 12.3 Å². The van der Waals surface area contributed by atoms with E-state index in [0.717, 1.165) is 12.2 Å². The van der Waals surface area contributed by atoms with Crippen molar-refractivity contribution >= 4 is 15.8 Å². The van der Waals surface area contributed by atoms with Crippen molar-refractivity contribution in [2.24, 2.45) is 0 Å². The summed E-state index contributed by atoms with van der Waals surface area (Å²) in [6.07, 6.45) is 2.30. The summed E-state index contributed by atoms with van der Waals surface area (Å²) < 4.78 is 22.9. The zero-order valence-electron chi connectivity index (χ0n) is 9.54. The predicted octanol–water partition coefficient (Wildman–Crippen LogP) is -0.321. The topological polar surface area (TPSA) is 89.2 Å². The Balaban J connectivity index is 2.00. The fourth-order valence-electron chi connectivity index (χ4n) is 1.88. The molecule has 0 unspecified atom stereocenters. The SMILES string of the molecule is Nc1nccc(CN2CCCS(=O)(=O)CC2)n1. The molecule has 6 nitrogen and oxygen atoms in total. The minimum absolute atomic E-state index is 0.230. The maximum absolute atomic E-state index is 11.5. The fraction of sp³-hybridized carbons (Fsp3) is 0.600. The van der Waals surface area contributed by atoms with Crippen LogP contribution < -0.4 is 5.73 Å². The Hall–Kier alpha value is -1.21. The van der Waals surface area contributed by atoms with Gasteiger partial charge in [-0.1, -0.05) is 0 Å². The van der Waals surface area contributed by atoms with E-state index in [0.29, 0.717) is 19.5 Å². The number of nitrogens with two attached hydrogens (primary N) is 1. The summed E-state index contributed by atoms with van der Waals surface area (Å²) in [6.45, 7) is 1.97. The molecular formula is C10H16N4O2S. The van der Waals surface area contributed by atoms with Gasteiger partial charge < -0.3 is 5.73 Å². The van der Waals surface area contributed by atoms with Gasteiger partial charge in [0.25, 0.3) is 0 Å². The van der Waals surface area contributed by atoms with Crippen molar-refractivity contribution in [2.45, 2.75) is 13.0 Å². The summed E-state index contributed by atoms with van der Waals surface area (Å²) in [5, 5.41) is 0. The van der Waals surface area contributed by atoms with Crippen molar-refractivity contribution in [1.82, 2.24) is 14.9 Å². The highest BCUT2D eigenvalue weighted by molar-refractivity contribution is 7.91. The van der Waals surface area contributed by atoms with Gasteiger partial charge in [0.05, 0.1) is 17.2 Å². The van der Waals surface area contributed by atoms with E-state index in [2.05, 4.69) is 14.9 Å². The average Bonchev–Trinajstić information content (AvgIpc) is 2.41. The quantitative estimate of drug-likeness (QED) is 0.780. The molecule has 1 aliphatic rings. The number of nitrogen functional groups attached to an aromatic ring is 1. The van der Waals surface area contributed by atoms with E-state index in [4.69, 9.17) is 5.73 Å². The third-order valence-electron chi connectivity index (χ3n) is 2.77. The molecule has 0 amide bonds. The Morgan fingerprint density at radius 1 is 1.35 bits per heavy atom. The molecule has 2 rings (SSSR count).